The van der Waals surface area contributed by atoms with Crippen molar-refractivity contribution in [1.29, 1.82) is 0 Å². The molecule has 0 radical (unpaired) electrons. The fraction of sp³-hybridized carbons (Fsp3) is 0.733. The Morgan fingerprint density at radius 1 is 1.41 bits per heavy atom. The average molecular weight is 235 g/mol. The summed E-state index contributed by atoms with van der Waals surface area (Å²) in [5.74, 6) is 2.81. The third-order valence-corrected chi connectivity index (χ3v) is 4.21. The molecule has 2 nitrogen and oxygen atoms in total. The van der Waals surface area contributed by atoms with Gasteiger partial charge in [0.2, 0.25) is 0 Å². The predicted octanol–water partition coefficient (Wildman–Crippen LogP) is 4.15. The molecule has 3 atom stereocenters. The van der Waals surface area contributed by atoms with Gasteiger partial charge in [-0.15, -0.1) is 0 Å². The van der Waals surface area contributed by atoms with Gasteiger partial charge in [-0.3, -0.25) is 0 Å². The maximum absolute atomic E-state index is 5.49. The molecular formula is C15H25NO. The SMILES string of the molecule is CCC(NCC1CCCCC1C)c1ccco1. The van der Waals surface area contributed by atoms with Gasteiger partial charge in [-0.1, -0.05) is 33.1 Å². The van der Waals surface area contributed by atoms with Gasteiger partial charge in [0.1, 0.15) is 5.76 Å². The van der Waals surface area contributed by atoms with Crippen LogP contribution in [0.4, 0.5) is 0 Å². The smallest absolute Gasteiger partial charge is 0.120 e. The van der Waals surface area contributed by atoms with Gasteiger partial charge in [-0.25, -0.2) is 0 Å². The van der Waals surface area contributed by atoms with Crippen molar-refractivity contribution in [2.24, 2.45) is 11.8 Å². The first kappa shape index (κ1) is 12.7. The molecule has 1 aromatic heterocycles. The molecular weight excluding hydrogens is 210 g/mol. The number of nitrogens with one attached hydrogen (secondary N) is 1. The van der Waals surface area contributed by atoms with Crippen LogP contribution in [0, 0.1) is 11.8 Å². The normalized spacial score (nSPS) is 26.9. The summed E-state index contributed by atoms with van der Waals surface area (Å²) in [6.07, 6.45) is 8.49. The first-order chi connectivity index (χ1) is 8.31. The molecule has 0 aromatic carbocycles. The summed E-state index contributed by atoms with van der Waals surface area (Å²) in [4.78, 5) is 0. The van der Waals surface area contributed by atoms with Crippen LogP contribution >= 0.6 is 0 Å². The number of hydrogen-bond donors (Lipinski definition) is 1. The summed E-state index contributed by atoms with van der Waals surface area (Å²) in [6, 6.07) is 4.44. The van der Waals surface area contributed by atoms with Crippen LogP contribution in [0.5, 0.6) is 0 Å². The Morgan fingerprint density at radius 3 is 2.88 bits per heavy atom. The predicted molar refractivity (Wildman–Crippen MR) is 70.9 cm³/mol. The monoisotopic (exact) mass is 235 g/mol. The van der Waals surface area contributed by atoms with Gasteiger partial charge in [0.25, 0.3) is 0 Å². The van der Waals surface area contributed by atoms with Crippen molar-refractivity contribution in [1.82, 2.24) is 5.32 Å². The number of rotatable bonds is 5. The third-order valence-electron chi connectivity index (χ3n) is 4.21. The van der Waals surface area contributed by atoms with Crippen LogP contribution in [0.3, 0.4) is 0 Å². The van der Waals surface area contributed by atoms with Crippen LogP contribution in [-0.4, -0.2) is 6.54 Å². The van der Waals surface area contributed by atoms with E-state index in [2.05, 4.69) is 25.2 Å². The second-order valence-electron chi connectivity index (χ2n) is 5.41. The molecule has 1 saturated carbocycles. The van der Waals surface area contributed by atoms with Gasteiger partial charge in [0.15, 0.2) is 0 Å². The quantitative estimate of drug-likeness (QED) is 0.829. The fourth-order valence-corrected chi connectivity index (χ4v) is 2.93. The summed E-state index contributed by atoms with van der Waals surface area (Å²) in [5, 5.41) is 3.68. The molecule has 0 saturated heterocycles. The average Bonchev–Trinajstić information content (AvgIpc) is 2.86. The Labute approximate surface area is 105 Å². The second-order valence-corrected chi connectivity index (χ2v) is 5.41. The zero-order chi connectivity index (χ0) is 12.1. The highest BCUT2D eigenvalue weighted by atomic mass is 16.3. The van der Waals surface area contributed by atoms with Crippen LogP contribution in [0.15, 0.2) is 22.8 Å². The maximum Gasteiger partial charge on any atom is 0.120 e. The minimum absolute atomic E-state index is 0.388. The fourth-order valence-electron chi connectivity index (χ4n) is 2.93. The molecule has 2 heteroatoms. The van der Waals surface area contributed by atoms with Gasteiger partial charge in [-0.2, -0.15) is 0 Å². The van der Waals surface area contributed by atoms with Gasteiger partial charge in [0.05, 0.1) is 12.3 Å². The van der Waals surface area contributed by atoms with Crippen LogP contribution in [0.1, 0.15) is 57.8 Å². The van der Waals surface area contributed by atoms with Crippen LogP contribution in [0.2, 0.25) is 0 Å². The highest BCUT2D eigenvalue weighted by Crippen LogP contribution is 2.29. The summed E-state index contributed by atoms with van der Waals surface area (Å²) >= 11 is 0. The lowest BCUT2D eigenvalue weighted by Crippen LogP contribution is -2.31. The third kappa shape index (κ3) is 3.35. The van der Waals surface area contributed by atoms with Crippen molar-refractivity contribution in [3.05, 3.63) is 24.2 Å². The number of furan rings is 1. The summed E-state index contributed by atoms with van der Waals surface area (Å²) in [6.45, 7) is 5.75. The zero-order valence-corrected chi connectivity index (χ0v) is 11.1. The van der Waals surface area contributed by atoms with Crippen molar-refractivity contribution >= 4 is 0 Å². The van der Waals surface area contributed by atoms with Crippen molar-refractivity contribution < 1.29 is 4.42 Å². The van der Waals surface area contributed by atoms with Crippen molar-refractivity contribution in [2.45, 2.75) is 52.0 Å². The lowest BCUT2D eigenvalue weighted by molar-refractivity contribution is 0.235. The Hall–Kier alpha value is -0.760. The summed E-state index contributed by atoms with van der Waals surface area (Å²) in [7, 11) is 0. The van der Waals surface area contributed by atoms with E-state index in [0.29, 0.717) is 6.04 Å². The molecule has 0 aliphatic heterocycles. The summed E-state index contributed by atoms with van der Waals surface area (Å²) < 4.78 is 5.49. The molecule has 2 rings (SSSR count). The van der Waals surface area contributed by atoms with E-state index in [0.717, 1.165) is 30.6 Å². The molecule has 3 unspecified atom stereocenters. The van der Waals surface area contributed by atoms with Gasteiger partial charge < -0.3 is 9.73 Å². The van der Waals surface area contributed by atoms with Gasteiger partial charge in [-0.05, 0) is 43.4 Å². The second kappa shape index (κ2) is 6.25. The Bertz CT molecular complexity index is 307. The molecule has 17 heavy (non-hydrogen) atoms. The lowest BCUT2D eigenvalue weighted by Gasteiger charge is -2.30. The molecule has 1 aliphatic carbocycles. The van der Waals surface area contributed by atoms with E-state index in [1.54, 1.807) is 6.26 Å². The van der Waals surface area contributed by atoms with E-state index in [1.807, 2.05) is 6.07 Å². The lowest BCUT2D eigenvalue weighted by atomic mass is 9.80. The number of hydrogen-bond acceptors (Lipinski definition) is 2. The standard InChI is InChI=1S/C15H25NO/c1-3-14(15-9-6-10-17-15)16-11-13-8-5-4-7-12(13)2/h6,9-10,12-14,16H,3-5,7-8,11H2,1-2H3. The minimum Gasteiger partial charge on any atom is -0.468 e. The van der Waals surface area contributed by atoms with E-state index in [1.165, 1.54) is 25.7 Å². The first-order valence-corrected chi connectivity index (χ1v) is 7.08. The Kier molecular flexibility index (Phi) is 4.66. The zero-order valence-electron chi connectivity index (χ0n) is 11.1. The molecule has 0 bridgehead atoms. The van der Waals surface area contributed by atoms with E-state index in [-0.39, 0.29) is 0 Å². The van der Waals surface area contributed by atoms with Crippen LogP contribution in [0.25, 0.3) is 0 Å². The molecule has 1 aliphatic rings. The van der Waals surface area contributed by atoms with Gasteiger partial charge >= 0.3 is 0 Å². The van der Waals surface area contributed by atoms with E-state index < -0.39 is 0 Å². The first-order valence-electron chi connectivity index (χ1n) is 7.08. The topological polar surface area (TPSA) is 25.2 Å². The minimum atomic E-state index is 0.388. The van der Waals surface area contributed by atoms with Crippen LogP contribution < -0.4 is 5.32 Å². The molecule has 1 N–H and O–H groups in total. The molecule has 0 amide bonds. The van der Waals surface area contributed by atoms with Crippen LogP contribution in [-0.2, 0) is 0 Å². The summed E-state index contributed by atoms with van der Waals surface area (Å²) in [5.41, 5.74) is 0. The van der Waals surface area contributed by atoms with E-state index >= 15 is 0 Å². The highest BCUT2D eigenvalue weighted by molar-refractivity contribution is 5.04. The molecule has 1 heterocycles. The van der Waals surface area contributed by atoms with Crippen molar-refractivity contribution in [3.63, 3.8) is 0 Å². The molecule has 1 fully saturated rings. The van der Waals surface area contributed by atoms with E-state index in [9.17, 15) is 0 Å². The highest BCUT2D eigenvalue weighted by Gasteiger charge is 2.22. The van der Waals surface area contributed by atoms with Crippen molar-refractivity contribution in [3.8, 4) is 0 Å². The molecule has 96 valence electrons. The van der Waals surface area contributed by atoms with Crippen molar-refractivity contribution in [2.75, 3.05) is 6.54 Å². The molecule has 1 aromatic rings. The Morgan fingerprint density at radius 2 is 2.24 bits per heavy atom. The maximum atomic E-state index is 5.49. The van der Waals surface area contributed by atoms with E-state index in [4.69, 9.17) is 4.42 Å². The molecule has 0 spiro atoms. The van der Waals surface area contributed by atoms with Gasteiger partial charge in [0, 0.05) is 0 Å². The Balaban J connectivity index is 1.83. The largest absolute Gasteiger partial charge is 0.468 e.